The highest BCUT2D eigenvalue weighted by Crippen LogP contribution is 2.38. The van der Waals surface area contributed by atoms with Crippen molar-refractivity contribution in [3.05, 3.63) is 89.6 Å². The van der Waals surface area contributed by atoms with Crippen LogP contribution in [-0.4, -0.2) is 77.3 Å². The molecule has 3 heterocycles. The maximum atomic E-state index is 15.3. The monoisotopic (exact) mass is 680 g/mol. The number of anilines is 1. The molecule has 1 amide bonds. The largest absolute Gasteiger partial charge is 0.493 e. The number of fused-ring (bicyclic) bond motifs is 1. The van der Waals surface area contributed by atoms with E-state index in [4.69, 9.17) is 18.9 Å². The van der Waals surface area contributed by atoms with E-state index in [1.807, 2.05) is 0 Å². The Balaban J connectivity index is 1.14. The van der Waals surface area contributed by atoms with E-state index in [1.165, 1.54) is 50.6 Å². The van der Waals surface area contributed by atoms with Crippen molar-refractivity contribution in [2.24, 2.45) is 0 Å². The van der Waals surface area contributed by atoms with Crippen molar-refractivity contribution in [2.75, 3.05) is 51.9 Å². The van der Waals surface area contributed by atoms with Crippen molar-refractivity contribution in [2.45, 2.75) is 19.5 Å². The van der Waals surface area contributed by atoms with Gasteiger partial charge in [-0.25, -0.2) is 9.07 Å². The first-order chi connectivity index (χ1) is 23.6. The van der Waals surface area contributed by atoms with Gasteiger partial charge in [-0.15, -0.1) is 5.10 Å². The molecule has 0 radical (unpaired) electrons. The highest BCUT2D eigenvalue weighted by Gasteiger charge is 2.34. The van der Waals surface area contributed by atoms with Crippen LogP contribution in [0, 0.1) is 12.7 Å². The lowest BCUT2D eigenvalue weighted by molar-refractivity contribution is -0.137. The van der Waals surface area contributed by atoms with Crippen LogP contribution in [0.3, 0.4) is 0 Å². The van der Waals surface area contributed by atoms with Crippen LogP contribution in [0.2, 0.25) is 0 Å². The zero-order chi connectivity index (χ0) is 34.5. The summed E-state index contributed by atoms with van der Waals surface area (Å²) in [5.41, 5.74) is -0.761. The van der Waals surface area contributed by atoms with Gasteiger partial charge in [0.2, 0.25) is 0 Å². The molecule has 6 rings (SSSR count). The number of ether oxygens (including phenoxy) is 4. The fourth-order valence-electron chi connectivity index (χ4n) is 5.42. The normalized spacial score (nSPS) is 13.8. The van der Waals surface area contributed by atoms with Crippen molar-refractivity contribution in [1.29, 1.82) is 0 Å². The Hall–Kier alpha value is -5.28. The molecule has 256 valence electrons. The third kappa shape index (κ3) is 7.57. The molecule has 0 spiro atoms. The average Bonchev–Trinajstić information content (AvgIpc) is 3.48. The molecule has 11 nitrogen and oxygen atoms in total. The molecule has 1 saturated heterocycles. The highest BCUT2D eigenvalue weighted by molar-refractivity contribution is 6.03. The molecule has 0 saturated carbocycles. The predicted octanol–water partition coefficient (Wildman–Crippen LogP) is 6.44. The van der Waals surface area contributed by atoms with Crippen LogP contribution in [0.15, 0.2) is 66.9 Å². The van der Waals surface area contributed by atoms with E-state index < -0.39 is 23.5 Å². The van der Waals surface area contributed by atoms with E-state index in [2.05, 4.69) is 25.5 Å². The number of nitrogens with one attached hydrogen (secondary N) is 1. The molecule has 5 aromatic rings. The van der Waals surface area contributed by atoms with Gasteiger partial charge in [0.1, 0.15) is 5.75 Å². The van der Waals surface area contributed by atoms with Gasteiger partial charge in [0.25, 0.3) is 5.91 Å². The number of carbonyl (C=O) groups excluding carboxylic acids is 1. The van der Waals surface area contributed by atoms with E-state index in [9.17, 15) is 18.0 Å². The number of halogens is 4. The molecule has 3 aromatic carbocycles. The van der Waals surface area contributed by atoms with E-state index in [-0.39, 0.29) is 28.5 Å². The fraction of sp³-hybridized carbons (Fsp3) is 0.294. The molecular formula is C34H32F4N6O5. The highest BCUT2D eigenvalue weighted by atomic mass is 19.4. The molecule has 0 aliphatic carbocycles. The molecular weight excluding hydrogens is 648 g/mol. The summed E-state index contributed by atoms with van der Waals surface area (Å²) in [6, 6.07) is 13.7. The minimum absolute atomic E-state index is 0.0659. The number of methoxy groups -OCH3 is 1. The minimum Gasteiger partial charge on any atom is -0.493 e. The van der Waals surface area contributed by atoms with E-state index >= 15 is 4.39 Å². The molecule has 2 aromatic heterocycles. The van der Waals surface area contributed by atoms with Gasteiger partial charge in [-0.05, 0) is 49.7 Å². The SMILES string of the molecule is COc1cc2c(Oc3ccc(NC(=O)c4nnn(-c5ccccc5C(F)(F)F)c4C)cc3F)ccnc2cc1OCCCN1CCOCC1. The van der Waals surface area contributed by atoms with Gasteiger partial charge in [0.15, 0.2) is 28.8 Å². The number of nitrogens with zero attached hydrogens (tertiary/aromatic N) is 5. The number of morpholine rings is 1. The summed E-state index contributed by atoms with van der Waals surface area (Å²) < 4.78 is 79.8. The van der Waals surface area contributed by atoms with Gasteiger partial charge in [-0.3, -0.25) is 14.7 Å². The lowest BCUT2D eigenvalue weighted by atomic mass is 10.1. The van der Waals surface area contributed by atoms with E-state index in [1.54, 1.807) is 18.2 Å². The van der Waals surface area contributed by atoms with Crippen LogP contribution in [-0.2, 0) is 10.9 Å². The molecule has 49 heavy (non-hydrogen) atoms. The third-order valence-electron chi connectivity index (χ3n) is 7.92. The van der Waals surface area contributed by atoms with Crippen LogP contribution in [0.4, 0.5) is 23.2 Å². The molecule has 1 aliphatic rings. The first-order valence-corrected chi connectivity index (χ1v) is 15.4. The van der Waals surface area contributed by atoms with Gasteiger partial charge >= 0.3 is 6.18 Å². The summed E-state index contributed by atoms with van der Waals surface area (Å²) in [6.07, 6.45) is -2.29. The van der Waals surface area contributed by atoms with Crippen molar-refractivity contribution >= 4 is 22.5 Å². The van der Waals surface area contributed by atoms with Gasteiger partial charge < -0.3 is 24.3 Å². The quantitative estimate of drug-likeness (QED) is 0.125. The fourth-order valence-corrected chi connectivity index (χ4v) is 5.42. The second kappa shape index (κ2) is 14.5. The summed E-state index contributed by atoms with van der Waals surface area (Å²) in [5, 5.41) is 10.6. The first kappa shape index (κ1) is 33.6. The number of carbonyl (C=O) groups is 1. The maximum Gasteiger partial charge on any atom is 0.418 e. The topological polar surface area (TPSA) is 113 Å². The van der Waals surface area contributed by atoms with Crippen LogP contribution >= 0.6 is 0 Å². The summed E-state index contributed by atoms with van der Waals surface area (Å²) in [6.45, 7) is 6.06. The Morgan fingerprint density at radius 2 is 1.80 bits per heavy atom. The number of hydrogen-bond donors (Lipinski definition) is 1. The van der Waals surface area contributed by atoms with Gasteiger partial charge in [0.05, 0.1) is 49.4 Å². The molecule has 0 unspecified atom stereocenters. The second-order valence-electron chi connectivity index (χ2n) is 11.1. The van der Waals surface area contributed by atoms with Crippen LogP contribution < -0.4 is 19.5 Å². The van der Waals surface area contributed by atoms with E-state index in [0.717, 1.165) is 56.1 Å². The van der Waals surface area contributed by atoms with Crippen molar-refractivity contribution in [3.63, 3.8) is 0 Å². The van der Waals surface area contributed by atoms with Gasteiger partial charge in [-0.2, -0.15) is 13.2 Å². The Morgan fingerprint density at radius 3 is 2.55 bits per heavy atom. The van der Waals surface area contributed by atoms with Crippen molar-refractivity contribution in [1.82, 2.24) is 24.9 Å². The number of hydrogen-bond acceptors (Lipinski definition) is 9. The summed E-state index contributed by atoms with van der Waals surface area (Å²) in [5.74, 6) is -0.401. The van der Waals surface area contributed by atoms with Crippen molar-refractivity contribution in [3.8, 4) is 28.7 Å². The first-order valence-electron chi connectivity index (χ1n) is 15.4. The molecule has 1 aliphatic heterocycles. The Labute approximate surface area is 278 Å². The maximum absolute atomic E-state index is 15.3. The number of alkyl halides is 3. The molecule has 15 heteroatoms. The Bertz CT molecular complexity index is 1960. The van der Waals surface area contributed by atoms with Gasteiger partial charge in [0, 0.05) is 49.0 Å². The number of aromatic nitrogens is 4. The molecule has 1 fully saturated rings. The molecule has 1 N–H and O–H groups in total. The average molecular weight is 681 g/mol. The molecule has 0 atom stereocenters. The predicted molar refractivity (Wildman–Crippen MR) is 171 cm³/mol. The number of para-hydroxylation sites is 1. The second-order valence-corrected chi connectivity index (χ2v) is 11.1. The lowest BCUT2D eigenvalue weighted by Gasteiger charge is -2.26. The third-order valence-corrected chi connectivity index (χ3v) is 7.92. The standard InChI is InChI=1S/C34H32F4N6O5/c1-21-32(41-42-44(21)27-7-4-3-6-24(27)34(36,37)38)33(45)40-22-8-9-29(25(35)18-22)49-28-10-11-39-26-20-31(30(46-2)19-23(26)28)48-15-5-12-43-13-16-47-17-14-43/h3-4,6-11,18-20H,5,12-17H2,1-2H3,(H,40,45). The zero-order valence-electron chi connectivity index (χ0n) is 26.6. The Morgan fingerprint density at radius 1 is 1.00 bits per heavy atom. The minimum atomic E-state index is -4.64. The van der Waals surface area contributed by atoms with Crippen LogP contribution in [0.5, 0.6) is 23.0 Å². The zero-order valence-corrected chi connectivity index (χ0v) is 26.6. The smallest absolute Gasteiger partial charge is 0.418 e. The number of rotatable bonds is 11. The molecule has 0 bridgehead atoms. The van der Waals surface area contributed by atoms with Gasteiger partial charge in [-0.1, -0.05) is 17.3 Å². The van der Waals surface area contributed by atoms with Crippen LogP contribution in [0.25, 0.3) is 16.6 Å². The summed E-state index contributed by atoms with van der Waals surface area (Å²) in [7, 11) is 1.52. The number of amides is 1. The van der Waals surface area contributed by atoms with Crippen LogP contribution in [0.1, 0.15) is 28.2 Å². The number of pyridine rings is 1. The van der Waals surface area contributed by atoms with E-state index in [0.29, 0.717) is 34.8 Å². The van der Waals surface area contributed by atoms with Crippen molar-refractivity contribution < 1.29 is 41.3 Å². The lowest BCUT2D eigenvalue weighted by Crippen LogP contribution is -2.37. The summed E-state index contributed by atoms with van der Waals surface area (Å²) in [4.78, 5) is 19.7. The summed E-state index contributed by atoms with van der Waals surface area (Å²) >= 11 is 0. The number of benzene rings is 3. The Kier molecular flexibility index (Phi) is 9.92.